The van der Waals surface area contributed by atoms with Crippen molar-refractivity contribution in [2.24, 2.45) is 0 Å². The van der Waals surface area contributed by atoms with Crippen LogP contribution in [-0.4, -0.2) is 0 Å². The first-order valence-corrected chi connectivity index (χ1v) is 22.9. The highest BCUT2D eigenvalue weighted by Crippen LogP contribution is 2.46. The predicted octanol–water partition coefficient (Wildman–Crippen LogP) is 18.0. The number of hydrogen-bond acceptors (Lipinski definition) is 2. The highest BCUT2D eigenvalue weighted by atomic mass is 15.1. The van der Waals surface area contributed by atoms with Gasteiger partial charge in [-0.1, -0.05) is 189 Å². The minimum absolute atomic E-state index is 0.666. The van der Waals surface area contributed by atoms with Crippen LogP contribution in [-0.2, 0) is 0 Å². The summed E-state index contributed by atoms with van der Waals surface area (Å²) in [7, 11) is 0. The maximum absolute atomic E-state index is 2.44. The molecule has 0 radical (unpaired) electrons. The van der Waals surface area contributed by atoms with Gasteiger partial charge in [0.25, 0.3) is 0 Å². The first-order valence-electron chi connectivity index (χ1n) is 22.9. The summed E-state index contributed by atoms with van der Waals surface area (Å²) in [5, 5.41) is 4.88. The molecule has 1 fully saturated rings. The van der Waals surface area contributed by atoms with E-state index in [1.165, 1.54) is 81.5 Å². The van der Waals surface area contributed by atoms with Crippen molar-refractivity contribution in [3.63, 3.8) is 0 Å². The quantitative estimate of drug-likeness (QED) is 0.136. The van der Waals surface area contributed by atoms with Crippen molar-refractivity contribution < 1.29 is 0 Å². The van der Waals surface area contributed by atoms with Gasteiger partial charge in [-0.05, 0) is 140 Å². The lowest BCUT2D eigenvalue weighted by molar-refractivity contribution is 0.443. The molecule has 0 saturated heterocycles. The molecular formula is C62H50N2. The molecule has 1 aliphatic carbocycles. The van der Waals surface area contributed by atoms with Crippen molar-refractivity contribution in [3.8, 4) is 33.4 Å². The Morgan fingerprint density at radius 2 is 0.797 bits per heavy atom. The molecule has 10 aromatic carbocycles. The van der Waals surface area contributed by atoms with Crippen LogP contribution in [0.2, 0.25) is 0 Å². The summed E-state index contributed by atoms with van der Waals surface area (Å²) >= 11 is 0. The number of nitrogens with zero attached hydrogens (tertiary/aromatic N) is 2. The third-order valence-corrected chi connectivity index (χ3v) is 13.2. The van der Waals surface area contributed by atoms with E-state index >= 15 is 0 Å². The zero-order chi connectivity index (χ0) is 42.7. The minimum atomic E-state index is 0.666. The van der Waals surface area contributed by atoms with Crippen molar-refractivity contribution in [1.29, 1.82) is 0 Å². The molecule has 1 saturated carbocycles. The molecule has 0 spiro atoms. The summed E-state index contributed by atoms with van der Waals surface area (Å²) in [6.45, 7) is 0. The van der Waals surface area contributed by atoms with Crippen LogP contribution in [0.3, 0.4) is 0 Å². The number of hydrogen-bond donors (Lipinski definition) is 0. The summed E-state index contributed by atoms with van der Waals surface area (Å²) in [4.78, 5) is 4.84. The highest BCUT2D eigenvalue weighted by Gasteiger charge is 2.22. The fourth-order valence-electron chi connectivity index (χ4n) is 9.94. The molecule has 0 amide bonds. The topological polar surface area (TPSA) is 6.48 Å². The van der Waals surface area contributed by atoms with Gasteiger partial charge >= 0.3 is 0 Å². The second-order valence-corrected chi connectivity index (χ2v) is 17.2. The van der Waals surface area contributed by atoms with E-state index in [0.29, 0.717) is 5.92 Å². The molecular weight excluding hydrogens is 773 g/mol. The van der Waals surface area contributed by atoms with Crippen molar-refractivity contribution in [2.75, 3.05) is 9.80 Å². The Kier molecular flexibility index (Phi) is 10.8. The van der Waals surface area contributed by atoms with Crippen LogP contribution in [0.1, 0.15) is 43.6 Å². The minimum Gasteiger partial charge on any atom is -0.311 e. The lowest BCUT2D eigenvalue weighted by Gasteiger charge is -2.29. The van der Waals surface area contributed by atoms with Crippen molar-refractivity contribution >= 4 is 55.7 Å². The number of benzene rings is 10. The Labute approximate surface area is 377 Å². The summed E-state index contributed by atoms with van der Waals surface area (Å²) < 4.78 is 0. The van der Waals surface area contributed by atoms with Crippen LogP contribution in [0.15, 0.2) is 237 Å². The second kappa shape index (κ2) is 17.6. The molecule has 0 atom stereocenters. The van der Waals surface area contributed by atoms with Crippen molar-refractivity contribution in [3.05, 3.63) is 242 Å². The van der Waals surface area contributed by atoms with Gasteiger partial charge in [-0.15, -0.1) is 0 Å². The van der Waals surface area contributed by atoms with Crippen LogP contribution in [0.4, 0.5) is 34.1 Å². The van der Waals surface area contributed by atoms with Gasteiger partial charge < -0.3 is 9.80 Å². The summed E-state index contributed by atoms with van der Waals surface area (Å²) in [6, 6.07) is 86.8. The molecule has 0 N–H and O–H groups in total. The van der Waals surface area contributed by atoms with E-state index in [4.69, 9.17) is 0 Å². The zero-order valence-corrected chi connectivity index (χ0v) is 36.0. The molecule has 2 heteroatoms. The predicted molar refractivity (Wildman–Crippen MR) is 273 cm³/mol. The fraction of sp³-hybridized carbons (Fsp3) is 0.0968. The molecule has 0 unspecified atom stereocenters. The Balaban J connectivity index is 0.994. The van der Waals surface area contributed by atoms with Crippen LogP contribution < -0.4 is 9.80 Å². The maximum Gasteiger partial charge on any atom is 0.0546 e. The monoisotopic (exact) mass is 822 g/mol. The molecule has 0 bridgehead atoms. The third kappa shape index (κ3) is 7.84. The Morgan fingerprint density at radius 1 is 0.297 bits per heavy atom. The van der Waals surface area contributed by atoms with E-state index in [9.17, 15) is 0 Å². The van der Waals surface area contributed by atoms with Gasteiger partial charge in [0.15, 0.2) is 0 Å². The largest absolute Gasteiger partial charge is 0.311 e. The van der Waals surface area contributed by atoms with Crippen molar-refractivity contribution in [2.45, 2.75) is 38.0 Å². The number of rotatable bonds is 10. The summed E-state index contributed by atoms with van der Waals surface area (Å²) in [5.41, 5.74) is 15.4. The Morgan fingerprint density at radius 3 is 1.48 bits per heavy atom. The lowest BCUT2D eigenvalue weighted by atomic mass is 9.84. The van der Waals surface area contributed by atoms with Gasteiger partial charge in [-0.2, -0.15) is 0 Å². The summed E-state index contributed by atoms with van der Waals surface area (Å²) in [6.07, 6.45) is 6.62. The van der Waals surface area contributed by atoms with Gasteiger partial charge in [0, 0.05) is 34.0 Å². The molecule has 0 heterocycles. The second-order valence-electron chi connectivity index (χ2n) is 17.2. The van der Waals surface area contributed by atoms with Crippen LogP contribution in [0.5, 0.6) is 0 Å². The molecule has 11 rings (SSSR count). The van der Waals surface area contributed by atoms with Crippen molar-refractivity contribution in [1.82, 2.24) is 0 Å². The van der Waals surface area contributed by atoms with E-state index in [-0.39, 0.29) is 0 Å². The molecule has 1 aliphatic rings. The standard InChI is InChI=1S/C62H50N2/c1-4-15-45(16-5-1)48-27-35-55(36-28-48)63(56-37-29-49(30-38-56)46-17-6-2-7-18-46)57-39-31-50(32-40-57)54-24-14-25-58(43-54)64(59-41-33-47-19-10-11-23-53(47)44-59)61-42-34-51-20-12-13-26-60(51)62(61)52-21-8-3-9-22-52/h1,3-5,8-16,19-44,46H,2,6-7,17-18H2. The number of anilines is 6. The average Bonchev–Trinajstić information content (AvgIpc) is 3.38. The average molecular weight is 823 g/mol. The first kappa shape index (κ1) is 39.2. The van der Waals surface area contributed by atoms with Crippen LogP contribution in [0.25, 0.3) is 54.9 Å². The SMILES string of the molecule is c1ccc(-c2ccc(N(c3ccc(-c4cccc(N(c5ccc6ccccc6c5)c5ccc6ccccc6c5-c5ccccc5)c4)cc3)c3ccc(C4CCCCC4)cc3)cc2)cc1. The summed E-state index contributed by atoms with van der Waals surface area (Å²) in [5.74, 6) is 0.666. The zero-order valence-electron chi connectivity index (χ0n) is 36.0. The van der Waals surface area contributed by atoms with Gasteiger partial charge in [-0.3, -0.25) is 0 Å². The fourth-order valence-corrected chi connectivity index (χ4v) is 9.94. The molecule has 308 valence electrons. The van der Waals surface area contributed by atoms with Gasteiger partial charge in [0.2, 0.25) is 0 Å². The van der Waals surface area contributed by atoms with E-state index in [1.54, 1.807) is 0 Å². The smallest absolute Gasteiger partial charge is 0.0546 e. The lowest BCUT2D eigenvalue weighted by Crippen LogP contribution is -2.12. The molecule has 0 aromatic heterocycles. The molecule has 64 heavy (non-hydrogen) atoms. The normalized spacial score (nSPS) is 12.9. The van der Waals surface area contributed by atoms with E-state index in [1.807, 2.05) is 0 Å². The Bertz CT molecular complexity index is 3170. The Hall–Kier alpha value is -7.68. The van der Waals surface area contributed by atoms with Crippen LogP contribution in [0, 0.1) is 0 Å². The van der Waals surface area contributed by atoms with Crippen LogP contribution >= 0.6 is 0 Å². The van der Waals surface area contributed by atoms with E-state index in [2.05, 4.69) is 246 Å². The highest BCUT2D eigenvalue weighted by molar-refractivity contribution is 6.06. The van der Waals surface area contributed by atoms with E-state index in [0.717, 1.165) is 45.3 Å². The third-order valence-electron chi connectivity index (χ3n) is 13.2. The molecule has 2 nitrogen and oxygen atoms in total. The molecule has 10 aromatic rings. The van der Waals surface area contributed by atoms with Gasteiger partial charge in [-0.25, -0.2) is 0 Å². The van der Waals surface area contributed by atoms with Gasteiger partial charge in [0.05, 0.1) is 5.69 Å². The first-order chi connectivity index (χ1) is 31.7. The van der Waals surface area contributed by atoms with E-state index < -0.39 is 0 Å². The van der Waals surface area contributed by atoms with Gasteiger partial charge in [0.1, 0.15) is 0 Å². The number of fused-ring (bicyclic) bond motifs is 2. The maximum atomic E-state index is 2.44. The molecule has 0 aliphatic heterocycles.